The largest absolute Gasteiger partial charge is 0.462 e. The highest BCUT2D eigenvalue weighted by molar-refractivity contribution is 5.71. The molecule has 0 aliphatic rings. The number of ether oxygens (including phenoxy) is 3. The molecule has 0 aromatic rings. The zero-order valence-corrected chi connectivity index (χ0v) is 54.5. The van der Waals surface area contributed by atoms with Crippen molar-refractivity contribution in [2.24, 2.45) is 0 Å². The van der Waals surface area contributed by atoms with Crippen LogP contribution in [0.3, 0.4) is 0 Å². The van der Waals surface area contributed by atoms with Crippen molar-refractivity contribution in [1.29, 1.82) is 0 Å². The van der Waals surface area contributed by atoms with Gasteiger partial charge in [-0.2, -0.15) is 0 Å². The van der Waals surface area contributed by atoms with Crippen LogP contribution in [0.2, 0.25) is 0 Å². The molecule has 0 aliphatic carbocycles. The Balaban J connectivity index is 4.09. The van der Waals surface area contributed by atoms with E-state index in [0.717, 1.165) is 96.3 Å². The van der Waals surface area contributed by atoms with Crippen molar-refractivity contribution in [3.05, 3.63) is 85.1 Å². The Morgan fingerprint density at radius 3 is 0.744 bits per heavy atom. The summed E-state index contributed by atoms with van der Waals surface area (Å²) in [7, 11) is 0. The minimum atomic E-state index is -0.774. The molecule has 0 rings (SSSR count). The highest BCUT2D eigenvalue weighted by Crippen LogP contribution is 2.18. The van der Waals surface area contributed by atoms with Crippen molar-refractivity contribution in [3.63, 3.8) is 0 Å². The molecule has 474 valence electrons. The summed E-state index contributed by atoms with van der Waals surface area (Å²) in [6.07, 6.45) is 93.5. The lowest BCUT2D eigenvalue weighted by atomic mass is 10.0. The molecule has 1 unspecified atom stereocenters. The summed E-state index contributed by atoms with van der Waals surface area (Å²) >= 11 is 0. The van der Waals surface area contributed by atoms with E-state index in [2.05, 4.69) is 106 Å². The summed E-state index contributed by atoms with van der Waals surface area (Å²) in [5.74, 6) is -0.859. The van der Waals surface area contributed by atoms with Gasteiger partial charge in [0.25, 0.3) is 0 Å². The first-order valence-corrected chi connectivity index (χ1v) is 35.6. The summed E-state index contributed by atoms with van der Waals surface area (Å²) in [6, 6.07) is 0. The number of rotatable bonds is 65. The standard InChI is InChI=1S/C76H134O6/c1-4-7-10-13-16-19-21-23-25-27-29-31-33-35-36-37-38-39-40-42-43-45-47-49-51-53-55-57-60-63-66-69-75(78)81-72-73(71-80-74(77)68-65-62-59-18-15-12-9-6-3)82-76(79)70-67-64-61-58-56-54-52-50-48-46-44-41-34-32-30-28-26-24-22-20-17-14-11-8-5-2/h7,10,16,19,22-25,28-31,35-36,73H,4-6,8-9,11-15,17-18,20-21,26-27,32-34,37-72H2,1-3H3/b10-7-,19-16-,24-22-,25-23-,30-28-,31-29-,36-35-. The van der Waals surface area contributed by atoms with Crippen LogP contribution >= 0.6 is 0 Å². The zero-order chi connectivity index (χ0) is 59.2. The number of esters is 3. The van der Waals surface area contributed by atoms with Crippen molar-refractivity contribution in [1.82, 2.24) is 0 Å². The molecule has 0 heterocycles. The van der Waals surface area contributed by atoms with E-state index in [1.165, 1.54) is 225 Å². The fraction of sp³-hybridized carbons (Fsp3) is 0.776. The van der Waals surface area contributed by atoms with Crippen molar-refractivity contribution in [2.45, 2.75) is 367 Å². The predicted octanol–water partition coefficient (Wildman–Crippen LogP) is 24.6. The van der Waals surface area contributed by atoms with Crippen LogP contribution in [0.4, 0.5) is 0 Å². The minimum absolute atomic E-state index is 0.0718. The van der Waals surface area contributed by atoms with E-state index < -0.39 is 6.10 Å². The second kappa shape index (κ2) is 70.1. The Morgan fingerprint density at radius 1 is 0.256 bits per heavy atom. The molecule has 0 saturated carbocycles. The molecule has 0 aromatic carbocycles. The second-order valence-corrected chi connectivity index (χ2v) is 23.8. The highest BCUT2D eigenvalue weighted by Gasteiger charge is 2.19. The van der Waals surface area contributed by atoms with Gasteiger partial charge < -0.3 is 14.2 Å². The lowest BCUT2D eigenvalue weighted by molar-refractivity contribution is -0.167. The first-order valence-electron chi connectivity index (χ1n) is 35.6. The summed E-state index contributed by atoms with van der Waals surface area (Å²) in [4.78, 5) is 38.3. The molecule has 82 heavy (non-hydrogen) atoms. The minimum Gasteiger partial charge on any atom is -0.462 e. The van der Waals surface area contributed by atoms with Crippen LogP contribution in [0.15, 0.2) is 85.1 Å². The third kappa shape index (κ3) is 67.4. The van der Waals surface area contributed by atoms with Gasteiger partial charge >= 0.3 is 17.9 Å². The summed E-state index contributed by atoms with van der Waals surface area (Å²) < 4.78 is 16.9. The lowest BCUT2D eigenvalue weighted by Gasteiger charge is -2.18. The Bertz CT molecular complexity index is 1550. The molecule has 6 nitrogen and oxygen atoms in total. The fourth-order valence-corrected chi connectivity index (χ4v) is 10.3. The predicted molar refractivity (Wildman–Crippen MR) is 358 cm³/mol. The van der Waals surface area contributed by atoms with E-state index in [1.807, 2.05) is 0 Å². The van der Waals surface area contributed by atoms with Gasteiger partial charge in [-0.3, -0.25) is 14.4 Å². The second-order valence-electron chi connectivity index (χ2n) is 23.8. The van der Waals surface area contributed by atoms with E-state index in [9.17, 15) is 14.4 Å². The molecule has 0 spiro atoms. The normalized spacial score (nSPS) is 12.6. The molecule has 0 amide bonds. The van der Waals surface area contributed by atoms with Crippen LogP contribution in [0.25, 0.3) is 0 Å². The average molecular weight is 1140 g/mol. The van der Waals surface area contributed by atoms with Gasteiger partial charge in [0, 0.05) is 19.3 Å². The quantitative estimate of drug-likeness (QED) is 0.0261. The first-order chi connectivity index (χ1) is 40.5. The number of allylic oxidation sites excluding steroid dienone is 14. The van der Waals surface area contributed by atoms with Gasteiger partial charge in [0.2, 0.25) is 0 Å². The van der Waals surface area contributed by atoms with E-state index in [-0.39, 0.29) is 31.1 Å². The van der Waals surface area contributed by atoms with Crippen LogP contribution in [0.5, 0.6) is 0 Å². The van der Waals surface area contributed by atoms with Crippen LogP contribution in [-0.4, -0.2) is 37.2 Å². The molecule has 0 aliphatic heterocycles. The maximum Gasteiger partial charge on any atom is 0.306 e. The highest BCUT2D eigenvalue weighted by atomic mass is 16.6. The van der Waals surface area contributed by atoms with E-state index in [1.54, 1.807) is 0 Å². The summed E-state index contributed by atoms with van der Waals surface area (Å²) in [5.41, 5.74) is 0. The number of carbonyl (C=O) groups is 3. The van der Waals surface area contributed by atoms with Crippen molar-refractivity contribution in [3.8, 4) is 0 Å². The third-order valence-electron chi connectivity index (χ3n) is 15.6. The maximum absolute atomic E-state index is 12.9. The van der Waals surface area contributed by atoms with Gasteiger partial charge in [-0.25, -0.2) is 0 Å². The fourth-order valence-electron chi connectivity index (χ4n) is 10.3. The van der Waals surface area contributed by atoms with E-state index in [0.29, 0.717) is 19.3 Å². The third-order valence-corrected chi connectivity index (χ3v) is 15.6. The molecule has 0 fully saturated rings. The van der Waals surface area contributed by atoms with Gasteiger partial charge in [0.15, 0.2) is 6.10 Å². The van der Waals surface area contributed by atoms with Crippen LogP contribution in [0, 0.1) is 0 Å². The summed E-state index contributed by atoms with van der Waals surface area (Å²) in [5, 5.41) is 0. The maximum atomic E-state index is 12.9. The Morgan fingerprint density at radius 2 is 0.476 bits per heavy atom. The van der Waals surface area contributed by atoms with Crippen LogP contribution in [0.1, 0.15) is 361 Å². The molecule has 0 aromatic heterocycles. The van der Waals surface area contributed by atoms with Gasteiger partial charge in [0.1, 0.15) is 13.2 Å². The van der Waals surface area contributed by atoms with Gasteiger partial charge in [-0.05, 0) is 96.3 Å². The SMILES string of the molecule is CC/C=C\C/C=C\C/C=C\C/C=C\C/C=C\CCCCCCCCCCCCCCCCCC(=O)OCC(COC(=O)CCCCCCCCCC)OC(=O)CCCCCCCCCCCCCCC/C=C\C/C=C\CCCCCCC. The van der Waals surface area contributed by atoms with Gasteiger partial charge in [0.05, 0.1) is 0 Å². The molecule has 0 bridgehead atoms. The summed E-state index contributed by atoms with van der Waals surface area (Å²) in [6.45, 7) is 6.53. The Labute approximate surface area is 509 Å². The number of hydrogen-bond donors (Lipinski definition) is 0. The molecule has 0 saturated heterocycles. The van der Waals surface area contributed by atoms with E-state index >= 15 is 0 Å². The average Bonchev–Trinajstić information content (AvgIpc) is 3.47. The topological polar surface area (TPSA) is 78.9 Å². The molecule has 0 N–H and O–H groups in total. The molecule has 6 heteroatoms. The number of unbranched alkanes of at least 4 members (excludes halogenated alkanes) is 40. The van der Waals surface area contributed by atoms with Crippen LogP contribution < -0.4 is 0 Å². The van der Waals surface area contributed by atoms with E-state index in [4.69, 9.17) is 14.2 Å². The number of carbonyl (C=O) groups excluding carboxylic acids is 3. The monoisotopic (exact) mass is 1140 g/mol. The molecule has 0 radical (unpaired) electrons. The molecule has 1 atom stereocenters. The zero-order valence-electron chi connectivity index (χ0n) is 54.5. The Hall–Kier alpha value is -3.41. The number of hydrogen-bond acceptors (Lipinski definition) is 6. The van der Waals surface area contributed by atoms with Crippen molar-refractivity contribution >= 4 is 17.9 Å². The molecular formula is C76H134O6. The lowest BCUT2D eigenvalue weighted by Crippen LogP contribution is -2.30. The first kappa shape index (κ1) is 78.6. The van der Waals surface area contributed by atoms with Crippen LogP contribution in [-0.2, 0) is 28.6 Å². The van der Waals surface area contributed by atoms with Gasteiger partial charge in [-0.1, -0.05) is 331 Å². The Kier molecular flexibility index (Phi) is 67.2. The molecular weight excluding hydrogens is 1010 g/mol. The van der Waals surface area contributed by atoms with Gasteiger partial charge in [-0.15, -0.1) is 0 Å². The smallest absolute Gasteiger partial charge is 0.306 e. The van der Waals surface area contributed by atoms with Crippen molar-refractivity contribution in [2.75, 3.05) is 13.2 Å². The van der Waals surface area contributed by atoms with Crippen molar-refractivity contribution < 1.29 is 28.6 Å².